The van der Waals surface area contributed by atoms with Gasteiger partial charge in [-0.05, 0) is 0 Å². The van der Waals surface area contributed by atoms with Crippen LogP contribution in [0.25, 0.3) is 12.2 Å². The maximum Gasteiger partial charge on any atom is -1.00 e. The van der Waals surface area contributed by atoms with Gasteiger partial charge in [-0.3, -0.25) is 0 Å². The van der Waals surface area contributed by atoms with Crippen molar-refractivity contribution in [3.05, 3.63) is 142 Å². The molecule has 0 aliphatic heterocycles. The molecule has 0 bridgehead atoms. The summed E-state index contributed by atoms with van der Waals surface area (Å²) in [7, 11) is 0. The van der Waals surface area contributed by atoms with Crippen LogP contribution in [0, 0.1) is 0 Å². The van der Waals surface area contributed by atoms with Gasteiger partial charge in [0.25, 0.3) is 0 Å². The van der Waals surface area contributed by atoms with E-state index in [2.05, 4.69) is 165 Å². The summed E-state index contributed by atoms with van der Waals surface area (Å²) in [6, 6.07) is 37.7. The number of rotatable bonds is 4. The third-order valence-corrected chi connectivity index (χ3v) is 30.4. The first-order valence-corrected chi connectivity index (χ1v) is 23.5. The van der Waals surface area contributed by atoms with Gasteiger partial charge in [0.2, 0.25) is 0 Å². The van der Waals surface area contributed by atoms with E-state index in [1.54, 1.807) is 32.6 Å². The zero-order valence-corrected chi connectivity index (χ0v) is 32.3. The Bertz CT molecular complexity index is 1620. The van der Waals surface area contributed by atoms with Crippen molar-refractivity contribution < 1.29 is 45.2 Å². The van der Waals surface area contributed by atoms with Crippen molar-refractivity contribution in [1.82, 2.24) is 0 Å². The van der Waals surface area contributed by atoms with Crippen LogP contribution < -0.4 is 35.2 Å². The monoisotopic (exact) mass is 712 g/mol. The molecule has 0 saturated carbocycles. The van der Waals surface area contributed by atoms with Crippen LogP contribution >= 0.6 is 0 Å². The Morgan fingerprint density at radius 1 is 0.500 bits per heavy atom. The summed E-state index contributed by atoms with van der Waals surface area (Å²) < 4.78 is 1.10. The third-order valence-electron chi connectivity index (χ3n) is 9.21. The van der Waals surface area contributed by atoms with Gasteiger partial charge in [0.05, 0.1) is 0 Å². The van der Waals surface area contributed by atoms with Gasteiger partial charge in [0.15, 0.2) is 0 Å². The Kier molecular flexibility index (Phi) is 10.6. The van der Waals surface area contributed by atoms with Gasteiger partial charge in [0.1, 0.15) is 0 Å². The molecule has 2 aliphatic carbocycles. The van der Waals surface area contributed by atoms with Crippen molar-refractivity contribution in [2.75, 3.05) is 0 Å². The van der Waals surface area contributed by atoms with E-state index in [0.717, 1.165) is 0 Å². The molecule has 4 heteroatoms. The van der Waals surface area contributed by atoms with Crippen molar-refractivity contribution in [2.24, 2.45) is 0 Å². The summed E-state index contributed by atoms with van der Waals surface area (Å²) >= 11 is -2.55. The average Bonchev–Trinajstić information content (AvgIpc) is 3.46. The van der Waals surface area contributed by atoms with Crippen LogP contribution in [0.2, 0.25) is 0 Å². The molecule has 0 N–H and O–H groups in total. The molecule has 0 fully saturated rings. The van der Waals surface area contributed by atoms with Crippen molar-refractivity contribution in [1.29, 1.82) is 0 Å². The number of halogens is 2. The molecule has 2 atom stereocenters. The fourth-order valence-electron chi connectivity index (χ4n) is 7.40. The van der Waals surface area contributed by atoms with Crippen LogP contribution in [-0.4, -0.2) is 5.43 Å². The summed E-state index contributed by atoms with van der Waals surface area (Å²) in [5.41, 5.74) is 11.6. The fraction of sp³-hybridized carbons (Fsp3) is 0.300. The first kappa shape index (κ1) is 34.9. The van der Waals surface area contributed by atoms with E-state index in [1.807, 2.05) is 0 Å². The van der Waals surface area contributed by atoms with E-state index in [4.69, 9.17) is 0 Å². The molecule has 0 radical (unpaired) electrons. The molecule has 6 rings (SSSR count). The predicted octanol–water partition coefficient (Wildman–Crippen LogP) is 3.33. The maximum atomic E-state index is 2.58. The molecule has 4 aromatic carbocycles. The van der Waals surface area contributed by atoms with E-state index < -0.39 is 25.8 Å². The number of benzene rings is 4. The second kappa shape index (κ2) is 13.4. The average molecular weight is 715 g/mol. The van der Waals surface area contributed by atoms with Crippen LogP contribution in [0.5, 0.6) is 0 Å². The first-order valence-electron chi connectivity index (χ1n) is 15.4. The Morgan fingerprint density at radius 3 is 1.20 bits per heavy atom. The number of allylic oxidation sites excluding steroid dienone is 2. The van der Waals surface area contributed by atoms with E-state index in [0.29, 0.717) is 7.25 Å². The molecule has 4 aromatic rings. The topological polar surface area (TPSA) is 0 Å². The molecule has 0 spiro atoms. The summed E-state index contributed by atoms with van der Waals surface area (Å²) in [5.74, 6) is 0. The van der Waals surface area contributed by atoms with Gasteiger partial charge < -0.3 is 24.8 Å². The number of hydrogen-bond donors (Lipinski definition) is 0. The third kappa shape index (κ3) is 6.35. The molecular weight excluding hydrogens is 671 g/mol. The molecule has 0 amide bonds. The van der Waals surface area contributed by atoms with Crippen molar-refractivity contribution in [3.8, 4) is 0 Å². The molecule has 44 heavy (non-hydrogen) atoms. The molecule has 2 unspecified atom stereocenters. The molecular formula is C40H44Cl2SiZr. The second-order valence-electron chi connectivity index (χ2n) is 14.3. The van der Waals surface area contributed by atoms with E-state index in [9.17, 15) is 0 Å². The van der Waals surface area contributed by atoms with Gasteiger partial charge in [-0.1, -0.05) is 0 Å². The smallest absolute Gasteiger partial charge is 1.00 e. The van der Waals surface area contributed by atoms with Crippen molar-refractivity contribution in [3.63, 3.8) is 0 Å². The quantitative estimate of drug-likeness (QED) is 0.285. The zero-order chi connectivity index (χ0) is 29.8. The van der Waals surface area contributed by atoms with Gasteiger partial charge in [0, 0.05) is 0 Å². The minimum absolute atomic E-state index is 0. The van der Waals surface area contributed by atoms with Crippen LogP contribution in [-0.2, 0) is 31.2 Å². The molecule has 226 valence electrons. The van der Waals surface area contributed by atoms with E-state index >= 15 is 0 Å². The van der Waals surface area contributed by atoms with Gasteiger partial charge in [-0.25, -0.2) is 0 Å². The molecule has 2 aliphatic rings. The minimum Gasteiger partial charge on any atom is -1.00 e. The fourth-order valence-corrected chi connectivity index (χ4v) is 32.7. The standard InChI is InChI=1S/2C14H17.C12H10Si.2ClH.Zr/c2*1-10-8-11-6-5-7-13(12(11)9-10)14(2,3)4;1-3-7-11(8-4-1)13-12-9-5-2-6-10-12;;;/h2*5-9H,1-4H3;1-10H;2*1H;/q;;;;;+2/p-2. The predicted molar refractivity (Wildman–Crippen MR) is 181 cm³/mol. The second-order valence-corrected chi connectivity index (χ2v) is 28.4. The number of fused-ring (bicyclic) bond motifs is 2. The van der Waals surface area contributed by atoms with Crippen LogP contribution in [0.3, 0.4) is 0 Å². The van der Waals surface area contributed by atoms with Gasteiger partial charge in [-0.2, -0.15) is 0 Å². The molecule has 0 heterocycles. The largest absolute Gasteiger partial charge is 1.00 e. The van der Waals surface area contributed by atoms with Crippen molar-refractivity contribution in [2.45, 2.75) is 73.5 Å². The summed E-state index contributed by atoms with van der Waals surface area (Å²) in [4.78, 5) is 0. The van der Waals surface area contributed by atoms with Gasteiger partial charge in [-0.15, -0.1) is 0 Å². The summed E-state index contributed by atoms with van der Waals surface area (Å²) in [6.07, 6.45) is 5.16. The van der Waals surface area contributed by atoms with E-state index in [-0.39, 0.29) is 35.6 Å². The summed E-state index contributed by atoms with van der Waals surface area (Å²) in [5, 5.41) is 3.18. The molecule has 0 saturated heterocycles. The van der Waals surface area contributed by atoms with E-state index in [1.165, 1.54) is 22.3 Å². The Hall–Kier alpha value is -1.96. The summed E-state index contributed by atoms with van der Waals surface area (Å²) in [6.45, 7) is 19.1. The maximum absolute atomic E-state index is 2.58. The van der Waals surface area contributed by atoms with Crippen LogP contribution in [0.1, 0.15) is 96.0 Å². The SMILES string of the molecule is CC1=Cc2c(cccc2C(C)(C)C)[CH]1[Zr+2]([CH]1C(C)=Cc2c1cccc2C(C)(C)C)=[Si](c1ccccc1)c1ccccc1.[Cl-].[Cl-]. The first-order chi connectivity index (χ1) is 20.0. The Balaban J connectivity index is 0.00000221. The normalized spacial score (nSPS) is 16.8. The molecule has 0 nitrogen and oxygen atoms in total. The number of hydrogen-bond acceptors (Lipinski definition) is 0. The molecule has 0 aromatic heterocycles. The Morgan fingerprint density at radius 2 is 0.864 bits per heavy atom. The minimum atomic E-state index is -2.55. The Labute approximate surface area is 286 Å². The van der Waals surface area contributed by atoms with Crippen LogP contribution in [0.4, 0.5) is 0 Å². The van der Waals surface area contributed by atoms with Gasteiger partial charge >= 0.3 is 263 Å². The zero-order valence-electron chi connectivity index (χ0n) is 27.3. The van der Waals surface area contributed by atoms with Crippen molar-refractivity contribution >= 4 is 28.0 Å². The van der Waals surface area contributed by atoms with Crippen LogP contribution in [0.15, 0.2) is 108 Å².